The van der Waals surface area contributed by atoms with Crippen LogP contribution in [0.4, 0.5) is 10.1 Å². The van der Waals surface area contributed by atoms with Crippen molar-refractivity contribution in [1.29, 1.82) is 0 Å². The summed E-state index contributed by atoms with van der Waals surface area (Å²) in [7, 11) is 0. The van der Waals surface area contributed by atoms with Gasteiger partial charge >= 0.3 is 0 Å². The van der Waals surface area contributed by atoms with Crippen LogP contribution < -0.4 is 5.32 Å². The monoisotopic (exact) mass is 338 g/mol. The largest absolute Gasteiger partial charge is 0.325 e. The number of benzene rings is 2. The molecular formula is C19H19FN4O. The molecule has 1 aromatic heterocycles. The minimum atomic E-state index is -0.284. The number of nitrogens with one attached hydrogen (secondary N) is 2. The van der Waals surface area contributed by atoms with Crippen LogP contribution in [-0.4, -0.2) is 21.1 Å². The van der Waals surface area contributed by atoms with E-state index in [0.29, 0.717) is 23.6 Å². The van der Waals surface area contributed by atoms with Gasteiger partial charge in [0, 0.05) is 12.1 Å². The summed E-state index contributed by atoms with van der Waals surface area (Å²) in [6, 6.07) is 12.4. The number of rotatable bonds is 5. The quantitative estimate of drug-likeness (QED) is 0.749. The summed E-state index contributed by atoms with van der Waals surface area (Å²) < 4.78 is 13.7. The zero-order valence-electron chi connectivity index (χ0n) is 14.1. The average molecular weight is 338 g/mol. The van der Waals surface area contributed by atoms with Crippen molar-refractivity contribution in [2.45, 2.75) is 26.7 Å². The van der Waals surface area contributed by atoms with E-state index in [1.807, 2.05) is 32.0 Å². The third kappa shape index (κ3) is 4.29. The van der Waals surface area contributed by atoms with E-state index in [0.717, 1.165) is 16.8 Å². The molecule has 1 heterocycles. The lowest BCUT2D eigenvalue weighted by atomic mass is 10.1. The molecule has 0 bridgehead atoms. The Morgan fingerprint density at radius 3 is 2.80 bits per heavy atom. The Hall–Kier alpha value is -3.02. The number of hydrogen-bond acceptors (Lipinski definition) is 3. The number of hydrogen-bond donors (Lipinski definition) is 2. The molecule has 0 saturated heterocycles. The zero-order valence-corrected chi connectivity index (χ0v) is 14.1. The smallest absolute Gasteiger partial charge is 0.232 e. The molecule has 0 atom stereocenters. The summed E-state index contributed by atoms with van der Waals surface area (Å²) in [5.74, 6) is 0.437. The Kier molecular flexibility index (Phi) is 4.88. The first-order valence-corrected chi connectivity index (χ1v) is 8.02. The van der Waals surface area contributed by atoms with Gasteiger partial charge in [-0.15, -0.1) is 0 Å². The maximum absolute atomic E-state index is 13.7. The molecule has 3 aromatic rings. The highest BCUT2D eigenvalue weighted by atomic mass is 19.1. The van der Waals surface area contributed by atoms with E-state index in [9.17, 15) is 9.18 Å². The van der Waals surface area contributed by atoms with Gasteiger partial charge in [0.05, 0.1) is 6.42 Å². The van der Waals surface area contributed by atoms with Crippen molar-refractivity contribution in [3.63, 3.8) is 0 Å². The van der Waals surface area contributed by atoms with E-state index < -0.39 is 0 Å². The molecule has 0 spiro atoms. The zero-order chi connectivity index (χ0) is 17.8. The SMILES string of the molecule is Cc1ccc(C)c(NC(=O)Cc2n[nH]c(Cc3ccccc3F)n2)c1. The molecular weight excluding hydrogens is 319 g/mol. The molecule has 0 radical (unpaired) electrons. The number of carbonyl (C=O) groups excluding carboxylic acids is 1. The second kappa shape index (κ2) is 7.25. The van der Waals surface area contributed by atoms with Crippen molar-refractivity contribution < 1.29 is 9.18 Å². The topological polar surface area (TPSA) is 70.7 Å². The van der Waals surface area contributed by atoms with Crippen molar-refractivity contribution >= 4 is 11.6 Å². The van der Waals surface area contributed by atoms with E-state index in [1.165, 1.54) is 6.07 Å². The predicted molar refractivity (Wildman–Crippen MR) is 93.8 cm³/mol. The first-order valence-electron chi connectivity index (χ1n) is 8.02. The molecule has 0 aliphatic carbocycles. The maximum atomic E-state index is 13.7. The summed E-state index contributed by atoms with van der Waals surface area (Å²) in [6.07, 6.45) is 0.361. The molecule has 3 rings (SSSR count). The lowest BCUT2D eigenvalue weighted by Gasteiger charge is -2.08. The third-order valence-electron chi connectivity index (χ3n) is 3.88. The van der Waals surface area contributed by atoms with E-state index in [1.54, 1.807) is 18.2 Å². The van der Waals surface area contributed by atoms with Crippen LogP contribution in [0.25, 0.3) is 0 Å². The fourth-order valence-electron chi connectivity index (χ4n) is 2.52. The van der Waals surface area contributed by atoms with Crippen molar-refractivity contribution in [2.75, 3.05) is 5.32 Å². The molecule has 5 nitrogen and oxygen atoms in total. The number of aromatic amines is 1. The van der Waals surface area contributed by atoms with E-state index >= 15 is 0 Å². The molecule has 6 heteroatoms. The van der Waals surface area contributed by atoms with Gasteiger partial charge in [0.1, 0.15) is 11.6 Å². The lowest BCUT2D eigenvalue weighted by molar-refractivity contribution is -0.115. The molecule has 0 saturated carbocycles. The van der Waals surface area contributed by atoms with Crippen LogP contribution in [0.5, 0.6) is 0 Å². The molecule has 0 unspecified atom stereocenters. The van der Waals surface area contributed by atoms with Crippen LogP contribution in [0.15, 0.2) is 42.5 Å². The van der Waals surface area contributed by atoms with Gasteiger partial charge in [-0.25, -0.2) is 9.37 Å². The molecule has 1 amide bonds. The van der Waals surface area contributed by atoms with Crippen molar-refractivity contribution in [3.05, 3.63) is 76.6 Å². The van der Waals surface area contributed by atoms with E-state index in [-0.39, 0.29) is 18.1 Å². The van der Waals surface area contributed by atoms with Gasteiger partial charge in [0.15, 0.2) is 5.82 Å². The molecule has 2 N–H and O–H groups in total. The van der Waals surface area contributed by atoms with E-state index in [2.05, 4.69) is 20.5 Å². The minimum absolute atomic E-state index is 0.0567. The summed E-state index contributed by atoms with van der Waals surface area (Å²) in [4.78, 5) is 16.5. The van der Waals surface area contributed by atoms with Crippen LogP contribution in [-0.2, 0) is 17.6 Å². The fraction of sp³-hybridized carbons (Fsp3) is 0.211. The van der Waals surface area contributed by atoms with Crippen LogP contribution in [0.2, 0.25) is 0 Å². The molecule has 2 aromatic carbocycles. The van der Waals surface area contributed by atoms with Gasteiger partial charge in [-0.2, -0.15) is 5.10 Å². The number of aromatic nitrogens is 3. The standard InChI is InChI=1S/C19H19FN4O/c1-12-7-8-13(2)16(9-12)21-19(25)11-18-22-17(23-24-18)10-14-5-3-4-6-15(14)20/h3-9H,10-11H2,1-2H3,(H,21,25)(H,22,23,24). The molecule has 0 fully saturated rings. The summed E-state index contributed by atoms with van der Waals surface area (Å²) in [5.41, 5.74) is 3.39. The van der Waals surface area contributed by atoms with Crippen molar-refractivity contribution in [3.8, 4) is 0 Å². The second-order valence-electron chi connectivity index (χ2n) is 6.01. The van der Waals surface area contributed by atoms with Gasteiger partial charge in [0.25, 0.3) is 0 Å². The van der Waals surface area contributed by atoms with Crippen LogP contribution >= 0.6 is 0 Å². The van der Waals surface area contributed by atoms with Crippen molar-refractivity contribution in [1.82, 2.24) is 15.2 Å². The number of H-pyrrole nitrogens is 1. The summed E-state index contributed by atoms with van der Waals surface area (Å²) >= 11 is 0. The Labute approximate surface area is 145 Å². The highest BCUT2D eigenvalue weighted by Gasteiger charge is 2.12. The first kappa shape index (κ1) is 16.8. The van der Waals surface area contributed by atoms with Crippen molar-refractivity contribution in [2.24, 2.45) is 0 Å². The van der Waals surface area contributed by atoms with Gasteiger partial charge in [-0.05, 0) is 42.7 Å². The Morgan fingerprint density at radius 2 is 2.00 bits per heavy atom. The number of anilines is 1. The maximum Gasteiger partial charge on any atom is 0.232 e. The second-order valence-corrected chi connectivity index (χ2v) is 6.01. The van der Waals surface area contributed by atoms with Crippen LogP contribution in [0.3, 0.4) is 0 Å². The Balaban J connectivity index is 1.64. The molecule has 128 valence electrons. The Bertz CT molecular complexity index is 904. The Morgan fingerprint density at radius 1 is 1.20 bits per heavy atom. The fourth-order valence-corrected chi connectivity index (χ4v) is 2.52. The minimum Gasteiger partial charge on any atom is -0.325 e. The highest BCUT2D eigenvalue weighted by molar-refractivity contribution is 5.92. The van der Waals surface area contributed by atoms with Gasteiger partial charge in [-0.3, -0.25) is 9.89 Å². The van der Waals surface area contributed by atoms with Gasteiger partial charge < -0.3 is 5.32 Å². The normalized spacial score (nSPS) is 10.7. The lowest BCUT2D eigenvalue weighted by Crippen LogP contribution is -2.16. The predicted octanol–water partition coefficient (Wildman–Crippen LogP) is 3.33. The van der Waals surface area contributed by atoms with Crippen LogP contribution in [0.1, 0.15) is 28.3 Å². The van der Waals surface area contributed by atoms with Gasteiger partial charge in [-0.1, -0.05) is 30.3 Å². The molecule has 0 aliphatic heterocycles. The van der Waals surface area contributed by atoms with E-state index in [4.69, 9.17) is 0 Å². The molecule has 25 heavy (non-hydrogen) atoms. The number of carbonyl (C=O) groups is 1. The average Bonchev–Trinajstić information content (AvgIpc) is 3.00. The van der Waals surface area contributed by atoms with Gasteiger partial charge in [0.2, 0.25) is 5.91 Å². The summed E-state index contributed by atoms with van der Waals surface area (Å²) in [6.45, 7) is 3.91. The number of amides is 1. The third-order valence-corrected chi connectivity index (χ3v) is 3.88. The first-order chi connectivity index (χ1) is 12.0. The highest BCUT2D eigenvalue weighted by Crippen LogP contribution is 2.16. The summed E-state index contributed by atoms with van der Waals surface area (Å²) in [5, 5.41) is 9.68. The number of aryl methyl sites for hydroxylation is 2. The molecule has 0 aliphatic rings. The number of halogens is 1. The van der Waals surface area contributed by atoms with Crippen LogP contribution in [0, 0.1) is 19.7 Å². The number of nitrogens with zero attached hydrogens (tertiary/aromatic N) is 2.